The number of ether oxygens (including phenoxy) is 1. The highest BCUT2D eigenvalue weighted by Crippen LogP contribution is 2.26. The lowest BCUT2D eigenvalue weighted by Crippen LogP contribution is -1.98. The summed E-state index contributed by atoms with van der Waals surface area (Å²) in [5.41, 5.74) is 4.26. The summed E-state index contributed by atoms with van der Waals surface area (Å²) in [5, 5.41) is 4.09. The monoisotopic (exact) mass is 362 g/mol. The molecule has 0 bridgehead atoms. The maximum atomic E-state index is 12.3. The molecule has 27 heavy (non-hydrogen) atoms. The second-order valence-electron chi connectivity index (χ2n) is 6.84. The maximum absolute atomic E-state index is 12.3. The second-order valence-corrected chi connectivity index (χ2v) is 6.84. The molecule has 0 saturated carbocycles. The lowest BCUT2D eigenvalue weighted by molar-refractivity contribution is 0.104. The average molecular weight is 362 g/mol. The predicted octanol–water partition coefficient (Wildman–Crippen LogP) is 4.29. The molecule has 0 unspecified atom stereocenters. The van der Waals surface area contributed by atoms with Crippen LogP contribution in [0.25, 0.3) is 6.08 Å². The highest BCUT2D eigenvalue weighted by atomic mass is 16.5. The fraction of sp³-hybridized carbons (Fsp3) is 0.273. The van der Waals surface area contributed by atoms with Crippen molar-refractivity contribution in [2.24, 2.45) is 7.05 Å². The van der Waals surface area contributed by atoms with Crippen LogP contribution in [0.4, 0.5) is 0 Å². The molecule has 0 saturated heterocycles. The van der Waals surface area contributed by atoms with Crippen molar-refractivity contribution in [3.8, 4) is 5.75 Å². The van der Waals surface area contributed by atoms with Crippen molar-refractivity contribution in [2.75, 3.05) is 0 Å². The molecule has 4 rings (SSSR count). The van der Waals surface area contributed by atoms with Gasteiger partial charge in [0.05, 0.1) is 11.8 Å². The molecule has 5 nitrogen and oxygen atoms in total. The van der Waals surface area contributed by atoms with Gasteiger partial charge in [0.2, 0.25) is 0 Å². The highest BCUT2D eigenvalue weighted by Gasteiger charge is 2.12. The van der Waals surface area contributed by atoms with Crippen LogP contribution in [0.3, 0.4) is 0 Å². The van der Waals surface area contributed by atoms with Crippen LogP contribution in [0.5, 0.6) is 5.75 Å². The van der Waals surface area contributed by atoms with Crippen LogP contribution in [-0.4, -0.2) is 15.6 Å². The van der Waals surface area contributed by atoms with E-state index in [1.165, 1.54) is 30.0 Å². The van der Waals surface area contributed by atoms with Crippen molar-refractivity contribution in [3.05, 3.63) is 76.5 Å². The molecule has 0 radical (unpaired) electrons. The Morgan fingerprint density at radius 2 is 2.11 bits per heavy atom. The van der Waals surface area contributed by atoms with Gasteiger partial charge in [-0.25, -0.2) is 0 Å². The number of fused-ring (bicyclic) bond motifs is 1. The fourth-order valence-electron chi connectivity index (χ4n) is 3.34. The molecule has 0 aliphatic heterocycles. The Morgan fingerprint density at radius 3 is 2.93 bits per heavy atom. The standard InChI is InChI=1S/C22H22N2O3/c1-15-21(13-23-24(15)2)22(25)11-10-18-8-9-20(27-18)14-26-19-7-6-16-4-3-5-17(16)12-19/h6-13H,3-5,14H2,1-2H3/b11-10+. The molecule has 2 aromatic heterocycles. The van der Waals surface area contributed by atoms with Gasteiger partial charge in [-0.2, -0.15) is 5.10 Å². The smallest absolute Gasteiger partial charge is 0.189 e. The largest absolute Gasteiger partial charge is 0.486 e. The summed E-state index contributed by atoms with van der Waals surface area (Å²) in [5.74, 6) is 2.12. The van der Waals surface area contributed by atoms with E-state index < -0.39 is 0 Å². The number of benzene rings is 1. The van der Waals surface area contributed by atoms with Crippen LogP contribution in [0.15, 0.2) is 47.0 Å². The zero-order valence-corrected chi connectivity index (χ0v) is 15.6. The number of furan rings is 1. The topological polar surface area (TPSA) is 57.3 Å². The van der Waals surface area contributed by atoms with E-state index in [4.69, 9.17) is 9.15 Å². The summed E-state index contributed by atoms with van der Waals surface area (Å²) < 4.78 is 13.3. The molecule has 2 heterocycles. The Hall–Kier alpha value is -3.08. The van der Waals surface area contributed by atoms with Crippen LogP contribution < -0.4 is 4.74 Å². The van der Waals surface area contributed by atoms with Gasteiger partial charge in [-0.3, -0.25) is 9.48 Å². The first-order valence-corrected chi connectivity index (χ1v) is 9.14. The molecule has 1 aromatic carbocycles. The minimum atomic E-state index is -0.0899. The normalized spacial score (nSPS) is 13.3. The van der Waals surface area contributed by atoms with Gasteiger partial charge in [-0.15, -0.1) is 0 Å². The molecular formula is C22H22N2O3. The molecule has 0 amide bonds. The Labute approximate surface area is 158 Å². The van der Waals surface area contributed by atoms with E-state index in [9.17, 15) is 4.79 Å². The third-order valence-corrected chi connectivity index (χ3v) is 5.03. The summed E-state index contributed by atoms with van der Waals surface area (Å²) in [6, 6.07) is 10.00. The van der Waals surface area contributed by atoms with Crippen molar-refractivity contribution < 1.29 is 13.9 Å². The highest BCUT2D eigenvalue weighted by molar-refractivity contribution is 6.07. The van der Waals surface area contributed by atoms with Crippen LogP contribution in [0.1, 0.15) is 45.1 Å². The van der Waals surface area contributed by atoms with E-state index in [-0.39, 0.29) is 5.78 Å². The zero-order chi connectivity index (χ0) is 18.8. The Kier molecular flexibility index (Phi) is 4.67. The average Bonchev–Trinajstić information content (AvgIpc) is 3.39. The lowest BCUT2D eigenvalue weighted by atomic mass is 10.1. The fourth-order valence-corrected chi connectivity index (χ4v) is 3.34. The third-order valence-electron chi connectivity index (χ3n) is 5.03. The number of nitrogens with zero attached hydrogens (tertiary/aromatic N) is 2. The molecule has 1 aliphatic carbocycles. The van der Waals surface area contributed by atoms with Gasteiger partial charge in [0, 0.05) is 12.7 Å². The molecule has 138 valence electrons. The van der Waals surface area contributed by atoms with Gasteiger partial charge in [-0.1, -0.05) is 6.07 Å². The number of allylic oxidation sites excluding steroid dienone is 1. The molecule has 5 heteroatoms. The zero-order valence-electron chi connectivity index (χ0n) is 15.6. The minimum absolute atomic E-state index is 0.0899. The first-order chi connectivity index (χ1) is 13.1. The number of ketones is 1. The van der Waals surface area contributed by atoms with Gasteiger partial charge in [0.25, 0.3) is 0 Å². The van der Waals surface area contributed by atoms with E-state index in [0.717, 1.165) is 23.6 Å². The summed E-state index contributed by atoms with van der Waals surface area (Å²) in [6.07, 6.45) is 8.29. The minimum Gasteiger partial charge on any atom is -0.486 e. The van der Waals surface area contributed by atoms with Gasteiger partial charge in [0.1, 0.15) is 23.9 Å². The van der Waals surface area contributed by atoms with Gasteiger partial charge in [0.15, 0.2) is 5.78 Å². The Balaban J connectivity index is 1.37. The van der Waals surface area contributed by atoms with Gasteiger partial charge in [-0.05, 0) is 73.7 Å². The number of carbonyl (C=O) groups is 1. The number of carbonyl (C=O) groups excluding carboxylic acids is 1. The molecule has 0 fully saturated rings. The van der Waals surface area contributed by atoms with E-state index in [1.807, 2.05) is 32.2 Å². The second kappa shape index (κ2) is 7.27. The number of rotatable bonds is 6. The van der Waals surface area contributed by atoms with Crippen molar-refractivity contribution in [2.45, 2.75) is 32.8 Å². The maximum Gasteiger partial charge on any atom is 0.189 e. The van der Waals surface area contributed by atoms with Crippen molar-refractivity contribution in [1.82, 2.24) is 9.78 Å². The predicted molar refractivity (Wildman–Crippen MR) is 103 cm³/mol. The van der Waals surface area contributed by atoms with Crippen LogP contribution in [-0.2, 0) is 26.5 Å². The van der Waals surface area contributed by atoms with Crippen LogP contribution in [0.2, 0.25) is 0 Å². The Morgan fingerprint density at radius 1 is 1.26 bits per heavy atom. The van der Waals surface area contributed by atoms with Crippen molar-refractivity contribution >= 4 is 11.9 Å². The van der Waals surface area contributed by atoms with Gasteiger partial charge < -0.3 is 9.15 Å². The van der Waals surface area contributed by atoms with E-state index in [0.29, 0.717) is 17.9 Å². The SMILES string of the molecule is Cc1c(C(=O)/C=C/c2ccc(COc3ccc4c(c3)CCC4)o2)cnn1C. The van der Waals surface area contributed by atoms with E-state index in [2.05, 4.69) is 17.2 Å². The molecule has 0 atom stereocenters. The number of hydrogen-bond acceptors (Lipinski definition) is 4. The molecule has 0 N–H and O–H groups in total. The number of aryl methyl sites for hydroxylation is 3. The third kappa shape index (κ3) is 3.72. The summed E-state index contributed by atoms with van der Waals surface area (Å²) >= 11 is 0. The number of hydrogen-bond donors (Lipinski definition) is 0. The number of aromatic nitrogens is 2. The molecular weight excluding hydrogens is 340 g/mol. The summed E-state index contributed by atoms with van der Waals surface area (Å²) in [4.78, 5) is 12.3. The molecule has 0 spiro atoms. The van der Waals surface area contributed by atoms with Gasteiger partial charge >= 0.3 is 0 Å². The van der Waals surface area contributed by atoms with Crippen molar-refractivity contribution in [1.29, 1.82) is 0 Å². The quantitative estimate of drug-likeness (QED) is 0.485. The Bertz CT molecular complexity index is 1010. The first-order valence-electron chi connectivity index (χ1n) is 9.14. The molecule has 3 aromatic rings. The first kappa shape index (κ1) is 17.3. The van der Waals surface area contributed by atoms with Crippen LogP contribution >= 0.6 is 0 Å². The van der Waals surface area contributed by atoms with E-state index >= 15 is 0 Å². The summed E-state index contributed by atoms with van der Waals surface area (Å²) in [6.45, 7) is 2.23. The molecule has 1 aliphatic rings. The summed E-state index contributed by atoms with van der Waals surface area (Å²) in [7, 11) is 1.82. The lowest BCUT2D eigenvalue weighted by Gasteiger charge is -2.06. The van der Waals surface area contributed by atoms with Crippen molar-refractivity contribution in [3.63, 3.8) is 0 Å². The van der Waals surface area contributed by atoms with E-state index in [1.54, 1.807) is 17.0 Å². The van der Waals surface area contributed by atoms with Crippen LogP contribution in [0, 0.1) is 6.92 Å².